The van der Waals surface area contributed by atoms with Crippen molar-refractivity contribution in [1.29, 1.82) is 0 Å². The smallest absolute Gasteiger partial charge is 0.337 e. The molecule has 7 heteroatoms. The molecule has 15 heavy (non-hydrogen) atoms. The minimum atomic E-state index is -0.491. The van der Waals surface area contributed by atoms with Crippen LogP contribution in [-0.4, -0.2) is 13.1 Å². The predicted octanol–water partition coefficient (Wildman–Crippen LogP) is 2.13. The summed E-state index contributed by atoms with van der Waals surface area (Å²) in [7, 11) is 1.28. The van der Waals surface area contributed by atoms with E-state index in [0.29, 0.717) is 5.56 Å². The number of carbonyl (C=O) groups excluding carboxylic acids is 1. The van der Waals surface area contributed by atoms with Crippen LogP contribution in [-0.2, 0) is 4.74 Å². The zero-order valence-electron chi connectivity index (χ0n) is 7.82. The summed E-state index contributed by atoms with van der Waals surface area (Å²) in [5.74, 6) is -0.491. The van der Waals surface area contributed by atoms with Crippen LogP contribution in [0.15, 0.2) is 12.1 Å². The Kier molecular flexibility index (Phi) is 7.31. The maximum atomic E-state index is 11.1. The Balaban J connectivity index is 0. The van der Waals surface area contributed by atoms with Gasteiger partial charge in [-0.1, -0.05) is 11.6 Å². The number of rotatable bonds is 1. The van der Waals surface area contributed by atoms with Gasteiger partial charge in [-0.3, -0.25) is 0 Å². The third kappa shape index (κ3) is 3.66. The number of nitrogen functional groups attached to an aromatic ring is 2. The lowest BCUT2D eigenvalue weighted by Crippen LogP contribution is -2.04. The van der Waals surface area contributed by atoms with E-state index in [2.05, 4.69) is 4.74 Å². The number of benzene rings is 1. The van der Waals surface area contributed by atoms with Crippen LogP contribution in [0.4, 0.5) is 11.4 Å². The van der Waals surface area contributed by atoms with Crippen LogP contribution in [0.3, 0.4) is 0 Å². The molecule has 0 amide bonds. The van der Waals surface area contributed by atoms with Gasteiger partial charge < -0.3 is 16.2 Å². The van der Waals surface area contributed by atoms with E-state index in [1.807, 2.05) is 0 Å². The fourth-order valence-corrected chi connectivity index (χ4v) is 1.01. The van der Waals surface area contributed by atoms with E-state index >= 15 is 0 Å². The third-order valence-electron chi connectivity index (χ3n) is 1.55. The van der Waals surface area contributed by atoms with E-state index in [1.165, 1.54) is 19.2 Å². The minimum absolute atomic E-state index is 0. The molecule has 0 unspecified atom stereocenters. The van der Waals surface area contributed by atoms with Gasteiger partial charge in [0.15, 0.2) is 0 Å². The third-order valence-corrected chi connectivity index (χ3v) is 1.99. The molecule has 0 fully saturated rings. The van der Waals surface area contributed by atoms with Gasteiger partial charge >= 0.3 is 5.97 Å². The molecule has 0 aromatic heterocycles. The van der Waals surface area contributed by atoms with Crippen LogP contribution >= 0.6 is 36.4 Å². The first kappa shape index (κ1) is 16.6. The Hall–Kier alpha value is -0.840. The Labute approximate surface area is 105 Å². The maximum Gasteiger partial charge on any atom is 0.337 e. The summed E-state index contributed by atoms with van der Waals surface area (Å²) in [5.41, 5.74) is 11.8. The maximum absolute atomic E-state index is 11.1. The molecule has 4 nitrogen and oxygen atoms in total. The van der Waals surface area contributed by atoms with Crippen LogP contribution < -0.4 is 11.5 Å². The second-order valence-corrected chi connectivity index (χ2v) is 2.84. The Morgan fingerprint density at radius 3 is 2.00 bits per heavy atom. The topological polar surface area (TPSA) is 78.3 Å². The Morgan fingerprint density at radius 1 is 1.27 bits per heavy atom. The predicted molar refractivity (Wildman–Crippen MR) is 66.1 cm³/mol. The largest absolute Gasteiger partial charge is 0.465 e. The van der Waals surface area contributed by atoms with E-state index in [0.717, 1.165) is 0 Å². The van der Waals surface area contributed by atoms with E-state index in [-0.39, 0.29) is 41.2 Å². The first-order valence-electron chi connectivity index (χ1n) is 3.49. The molecule has 4 N–H and O–H groups in total. The van der Waals surface area contributed by atoms with Crippen molar-refractivity contribution >= 4 is 53.8 Å². The van der Waals surface area contributed by atoms with Crippen molar-refractivity contribution in [1.82, 2.24) is 0 Å². The van der Waals surface area contributed by atoms with Gasteiger partial charge in [-0.2, -0.15) is 0 Å². The normalized spacial score (nSPS) is 8.40. The van der Waals surface area contributed by atoms with Crippen LogP contribution in [0.1, 0.15) is 10.4 Å². The summed E-state index contributed by atoms with van der Waals surface area (Å²) in [6.45, 7) is 0. The lowest BCUT2D eigenvalue weighted by atomic mass is 10.2. The zero-order chi connectivity index (χ0) is 10.0. The van der Waals surface area contributed by atoms with E-state index in [9.17, 15) is 4.79 Å². The van der Waals surface area contributed by atoms with Crippen LogP contribution in [0.25, 0.3) is 0 Å². The average molecular weight is 274 g/mol. The Morgan fingerprint density at radius 2 is 1.67 bits per heavy atom. The molecular weight excluding hydrogens is 262 g/mol. The highest BCUT2D eigenvalue weighted by atomic mass is 35.5. The van der Waals surface area contributed by atoms with Gasteiger partial charge in [-0.25, -0.2) is 4.79 Å². The SMILES string of the molecule is COC(=O)c1cc(N)c(Cl)c(N)c1.Cl.Cl. The van der Waals surface area contributed by atoms with Crippen molar-refractivity contribution in [2.45, 2.75) is 0 Å². The molecule has 1 aromatic carbocycles. The van der Waals surface area contributed by atoms with Crippen molar-refractivity contribution in [2.24, 2.45) is 0 Å². The lowest BCUT2D eigenvalue weighted by molar-refractivity contribution is 0.0601. The van der Waals surface area contributed by atoms with Gasteiger partial charge in [0, 0.05) is 0 Å². The number of methoxy groups -OCH3 is 1. The fraction of sp³-hybridized carbons (Fsp3) is 0.125. The number of halogens is 3. The van der Waals surface area contributed by atoms with Gasteiger partial charge in [-0.05, 0) is 12.1 Å². The van der Waals surface area contributed by atoms with Crippen molar-refractivity contribution in [3.63, 3.8) is 0 Å². The zero-order valence-corrected chi connectivity index (χ0v) is 10.2. The molecule has 0 aliphatic carbocycles. The molecule has 1 aromatic rings. The number of hydrogen-bond acceptors (Lipinski definition) is 4. The number of anilines is 2. The van der Waals surface area contributed by atoms with Crippen molar-refractivity contribution < 1.29 is 9.53 Å². The quantitative estimate of drug-likeness (QED) is 0.607. The van der Waals surface area contributed by atoms with E-state index in [1.54, 1.807) is 0 Å². The second-order valence-electron chi connectivity index (χ2n) is 2.46. The highest BCUT2D eigenvalue weighted by Crippen LogP contribution is 2.27. The van der Waals surface area contributed by atoms with Crippen molar-refractivity contribution in [3.8, 4) is 0 Å². The molecule has 0 heterocycles. The second kappa shape index (κ2) is 6.61. The van der Waals surface area contributed by atoms with Crippen LogP contribution in [0.5, 0.6) is 0 Å². The highest BCUT2D eigenvalue weighted by Gasteiger charge is 2.10. The molecule has 0 aliphatic heterocycles. The van der Waals surface area contributed by atoms with Gasteiger partial charge in [0.25, 0.3) is 0 Å². The standard InChI is InChI=1S/C8H9ClN2O2.2ClH/c1-13-8(12)4-2-5(10)7(9)6(11)3-4;;/h2-3H,10-11H2,1H3;2*1H. The molecule has 0 saturated carbocycles. The first-order chi connectivity index (χ1) is 6.06. The molecule has 0 aliphatic rings. The number of nitrogens with two attached hydrogens (primary N) is 2. The van der Waals surface area contributed by atoms with Gasteiger partial charge in [0.05, 0.1) is 29.1 Å². The molecule has 0 atom stereocenters. The average Bonchev–Trinajstić information content (AvgIpc) is 2.12. The molecule has 1 rings (SSSR count). The fourth-order valence-electron chi connectivity index (χ4n) is 0.906. The molecule has 0 bridgehead atoms. The summed E-state index contributed by atoms with van der Waals surface area (Å²) in [6, 6.07) is 2.84. The van der Waals surface area contributed by atoms with Crippen LogP contribution in [0, 0.1) is 0 Å². The first-order valence-corrected chi connectivity index (χ1v) is 3.87. The molecule has 0 saturated heterocycles. The van der Waals surface area contributed by atoms with Crippen molar-refractivity contribution in [3.05, 3.63) is 22.7 Å². The van der Waals surface area contributed by atoms with E-state index < -0.39 is 5.97 Å². The molecule has 86 valence electrons. The number of carbonyl (C=O) groups is 1. The summed E-state index contributed by atoms with van der Waals surface area (Å²) in [6.07, 6.45) is 0. The summed E-state index contributed by atoms with van der Waals surface area (Å²) in [4.78, 5) is 11.1. The number of esters is 1. The Bertz CT molecular complexity index is 335. The highest BCUT2D eigenvalue weighted by molar-refractivity contribution is 6.35. The van der Waals surface area contributed by atoms with E-state index in [4.69, 9.17) is 23.1 Å². The number of hydrogen-bond donors (Lipinski definition) is 2. The van der Waals surface area contributed by atoms with Crippen molar-refractivity contribution in [2.75, 3.05) is 18.6 Å². The summed E-state index contributed by atoms with van der Waals surface area (Å²) in [5, 5.41) is 0.257. The van der Waals surface area contributed by atoms with Gasteiger partial charge in [0.2, 0.25) is 0 Å². The van der Waals surface area contributed by atoms with Gasteiger partial charge in [0.1, 0.15) is 0 Å². The summed E-state index contributed by atoms with van der Waals surface area (Å²) < 4.78 is 4.49. The molecule has 0 radical (unpaired) electrons. The monoisotopic (exact) mass is 272 g/mol. The van der Waals surface area contributed by atoms with Gasteiger partial charge in [-0.15, -0.1) is 24.8 Å². The van der Waals surface area contributed by atoms with Crippen LogP contribution in [0.2, 0.25) is 5.02 Å². The lowest BCUT2D eigenvalue weighted by Gasteiger charge is -2.05. The minimum Gasteiger partial charge on any atom is -0.465 e. The molecule has 0 spiro atoms. The summed E-state index contributed by atoms with van der Waals surface area (Å²) >= 11 is 5.70. The number of ether oxygens (including phenoxy) is 1. The molecular formula is C8H11Cl3N2O2.